The summed E-state index contributed by atoms with van der Waals surface area (Å²) in [4.78, 5) is 19.2. The number of phenolic OH excluding ortho intramolecular Hbond substituents is 1. The van der Waals surface area contributed by atoms with Crippen LogP contribution >= 0.6 is 0 Å². The van der Waals surface area contributed by atoms with Gasteiger partial charge in [0, 0.05) is 48.7 Å². The van der Waals surface area contributed by atoms with Crippen molar-refractivity contribution in [3.63, 3.8) is 0 Å². The number of nitrogens with zero attached hydrogens (tertiary/aromatic N) is 5. The summed E-state index contributed by atoms with van der Waals surface area (Å²) in [6, 6.07) is 7.06. The van der Waals surface area contributed by atoms with E-state index in [0.29, 0.717) is 71.9 Å². The highest BCUT2D eigenvalue weighted by Crippen LogP contribution is 2.49. The number of hydrogen-bond donors (Lipinski definition) is 2. The summed E-state index contributed by atoms with van der Waals surface area (Å²) in [5.74, 6) is -0.350. The molecule has 5 fully saturated rings. The molecule has 10 nitrogen and oxygen atoms in total. The zero-order chi connectivity index (χ0) is 32.3. The van der Waals surface area contributed by atoms with Crippen LogP contribution in [0.4, 0.5) is 14.6 Å². The summed E-state index contributed by atoms with van der Waals surface area (Å²) in [7, 11) is 0. The average molecular weight is 657 g/mol. The number of aryl methyl sites for hydroxylation is 1. The summed E-state index contributed by atoms with van der Waals surface area (Å²) >= 11 is 0. The van der Waals surface area contributed by atoms with E-state index < -0.39 is 11.6 Å². The van der Waals surface area contributed by atoms with Crippen LogP contribution in [-0.2, 0) is 11.2 Å². The van der Waals surface area contributed by atoms with Crippen molar-refractivity contribution in [3.8, 4) is 28.9 Å². The van der Waals surface area contributed by atoms with Gasteiger partial charge in [0.1, 0.15) is 40.6 Å². The number of halogens is 2. The maximum Gasteiger partial charge on any atom is 0.319 e. The van der Waals surface area contributed by atoms with Crippen LogP contribution in [0.5, 0.6) is 17.6 Å². The predicted octanol–water partition coefficient (Wildman–Crippen LogP) is 4.72. The van der Waals surface area contributed by atoms with Gasteiger partial charge < -0.3 is 29.5 Å². The van der Waals surface area contributed by atoms with Crippen LogP contribution in [0, 0.1) is 17.0 Å². The van der Waals surface area contributed by atoms with Gasteiger partial charge in [0.05, 0.1) is 25.4 Å². The van der Waals surface area contributed by atoms with Crippen LogP contribution in [0.15, 0.2) is 24.3 Å². The predicted molar refractivity (Wildman–Crippen MR) is 175 cm³/mol. The average Bonchev–Trinajstić information content (AvgIpc) is 3.35. The number of benzene rings is 2. The molecule has 7 heterocycles. The minimum atomic E-state index is -0.685. The monoisotopic (exact) mass is 656 g/mol. The molecule has 48 heavy (non-hydrogen) atoms. The molecule has 2 aromatic carbocycles. The number of morpholine rings is 1. The van der Waals surface area contributed by atoms with Gasteiger partial charge in [0.25, 0.3) is 0 Å². The standard InChI is InChI=1S/C36H38F2N6O4/c1-2-23-25(37)5-3-18-9-21(45)11-24(28(18)23)31-30(38)32-29-33(44-12-19-4-6-26(39-19)27(44)15-47-34(29)40-31)42-35(41-32)48-17-36(7-8-36)16-43-13-22-10-20(43)14-46-22/h3,5,9,11,19-20,22,26-27,39,45H,2,4,6-8,10,12-17H2,1H3/t19-,20+,22+,26+,27-/m0/s1. The van der Waals surface area contributed by atoms with E-state index in [4.69, 9.17) is 29.2 Å². The first-order valence-corrected chi connectivity index (χ1v) is 17.4. The minimum Gasteiger partial charge on any atom is -0.508 e. The maximum atomic E-state index is 17.1. The number of pyridine rings is 1. The lowest BCUT2D eigenvalue weighted by atomic mass is 9.94. The molecule has 5 atom stereocenters. The first-order chi connectivity index (χ1) is 23.4. The number of anilines is 1. The van der Waals surface area contributed by atoms with Crippen molar-refractivity contribution in [3.05, 3.63) is 41.5 Å². The van der Waals surface area contributed by atoms with Gasteiger partial charge in [0.2, 0.25) is 5.88 Å². The van der Waals surface area contributed by atoms with Crippen LogP contribution in [-0.4, -0.2) is 94.7 Å². The van der Waals surface area contributed by atoms with E-state index in [1.165, 1.54) is 12.1 Å². The van der Waals surface area contributed by atoms with E-state index in [0.717, 1.165) is 51.8 Å². The number of nitrogens with one attached hydrogen (secondary N) is 1. The number of rotatable bonds is 7. The van der Waals surface area contributed by atoms with Crippen molar-refractivity contribution < 1.29 is 28.1 Å². The number of phenols is 1. The smallest absolute Gasteiger partial charge is 0.319 e. The van der Waals surface area contributed by atoms with E-state index in [9.17, 15) is 5.11 Å². The van der Waals surface area contributed by atoms with E-state index in [1.54, 1.807) is 12.1 Å². The molecule has 12 heteroatoms. The summed E-state index contributed by atoms with van der Waals surface area (Å²) in [5, 5.41) is 15.9. The first-order valence-electron chi connectivity index (χ1n) is 17.4. The fourth-order valence-electron chi connectivity index (χ4n) is 9.04. The summed E-state index contributed by atoms with van der Waals surface area (Å²) in [6.07, 6.45) is 6.01. The van der Waals surface area contributed by atoms with Gasteiger partial charge in [-0.1, -0.05) is 13.0 Å². The van der Waals surface area contributed by atoms with Gasteiger partial charge in [-0.2, -0.15) is 9.97 Å². The molecule has 0 radical (unpaired) electrons. The fraction of sp³-hybridized carbons (Fsp3) is 0.528. The third-order valence-corrected chi connectivity index (χ3v) is 11.7. The lowest BCUT2D eigenvalue weighted by Crippen LogP contribution is -2.60. The normalized spacial score (nSPS) is 28.1. The number of hydrogen-bond acceptors (Lipinski definition) is 10. The Morgan fingerprint density at radius 2 is 1.98 bits per heavy atom. The van der Waals surface area contributed by atoms with Crippen LogP contribution in [0.1, 0.15) is 44.6 Å². The van der Waals surface area contributed by atoms with Crippen LogP contribution in [0.2, 0.25) is 0 Å². The maximum absolute atomic E-state index is 17.1. The molecule has 4 saturated heterocycles. The fourth-order valence-corrected chi connectivity index (χ4v) is 9.04. The molecule has 1 aliphatic carbocycles. The minimum absolute atomic E-state index is 0.0188. The molecule has 10 rings (SSSR count). The molecule has 4 bridgehead atoms. The van der Waals surface area contributed by atoms with Gasteiger partial charge in [-0.3, -0.25) is 4.90 Å². The lowest BCUT2D eigenvalue weighted by Gasteiger charge is -2.40. The van der Waals surface area contributed by atoms with Gasteiger partial charge in [0.15, 0.2) is 5.82 Å². The number of fused-ring (bicyclic) bond motifs is 8. The highest BCUT2D eigenvalue weighted by molar-refractivity contribution is 6.03. The highest BCUT2D eigenvalue weighted by atomic mass is 19.1. The van der Waals surface area contributed by atoms with Crippen LogP contribution in [0.3, 0.4) is 0 Å². The highest BCUT2D eigenvalue weighted by Gasteiger charge is 2.50. The molecule has 5 aliphatic heterocycles. The quantitative estimate of drug-likeness (QED) is 0.290. The third kappa shape index (κ3) is 4.48. The van der Waals surface area contributed by atoms with Crippen molar-refractivity contribution >= 4 is 27.5 Å². The van der Waals surface area contributed by atoms with Crippen molar-refractivity contribution in [2.75, 3.05) is 44.4 Å². The third-order valence-electron chi connectivity index (χ3n) is 11.7. The van der Waals surface area contributed by atoms with Crippen molar-refractivity contribution in [2.24, 2.45) is 5.41 Å². The van der Waals surface area contributed by atoms with Gasteiger partial charge in [-0.05, 0) is 73.1 Å². The number of aromatic hydroxyl groups is 1. The second-order valence-corrected chi connectivity index (χ2v) is 14.7. The Morgan fingerprint density at radius 3 is 2.77 bits per heavy atom. The number of likely N-dealkylation sites (tertiary alicyclic amines) is 1. The largest absolute Gasteiger partial charge is 0.508 e. The second-order valence-electron chi connectivity index (χ2n) is 14.7. The molecule has 250 valence electrons. The van der Waals surface area contributed by atoms with Crippen molar-refractivity contribution in [1.29, 1.82) is 0 Å². The Labute approximate surface area is 276 Å². The van der Waals surface area contributed by atoms with Gasteiger partial charge >= 0.3 is 6.01 Å². The zero-order valence-corrected chi connectivity index (χ0v) is 26.8. The molecule has 2 N–H and O–H groups in total. The van der Waals surface area contributed by atoms with E-state index in [2.05, 4.69) is 15.1 Å². The molecule has 4 aromatic rings. The lowest BCUT2D eigenvalue weighted by molar-refractivity contribution is 0.0176. The second kappa shape index (κ2) is 10.6. The summed E-state index contributed by atoms with van der Waals surface area (Å²) in [6.45, 7) is 6.06. The summed E-state index contributed by atoms with van der Waals surface area (Å²) in [5.41, 5.74) is 0.719. The molecule has 6 aliphatic rings. The SMILES string of the molecule is CCc1c(F)ccc2cc(O)cc(-c3nc4c5c(nc(OCC6(CN7C[C@H]8C[C@@H]7CO8)CC6)nc5c3F)N3C[C@@H]5CC[C@@H](N5)[C@@H]3CO4)c12. The molecular weight excluding hydrogens is 618 g/mol. The molecule has 2 aromatic heterocycles. The topological polar surface area (TPSA) is 105 Å². The molecule has 0 unspecified atom stereocenters. The number of piperazine rings is 1. The Balaban J connectivity index is 1.11. The Bertz CT molecular complexity index is 1990. The molecular formula is C36H38F2N6O4. The number of ether oxygens (including phenoxy) is 3. The van der Waals surface area contributed by atoms with E-state index in [-0.39, 0.29) is 51.9 Å². The number of aromatic nitrogens is 3. The Morgan fingerprint density at radius 1 is 1.08 bits per heavy atom. The van der Waals surface area contributed by atoms with E-state index >= 15 is 8.78 Å². The Kier molecular flexibility index (Phi) is 6.40. The van der Waals surface area contributed by atoms with Crippen molar-refractivity contribution in [2.45, 2.75) is 75.7 Å². The van der Waals surface area contributed by atoms with Crippen LogP contribution < -0.4 is 19.7 Å². The summed E-state index contributed by atoms with van der Waals surface area (Å²) < 4.78 is 50.9. The molecule has 0 amide bonds. The Hall–Kier alpha value is -3.87. The van der Waals surface area contributed by atoms with Gasteiger partial charge in [-0.25, -0.2) is 13.8 Å². The first kappa shape index (κ1) is 29.1. The van der Waals surface area contributed by atoms with E-state index in [1.807, 2.05) is 6.92 Å². The van der Waals surface area contributed by atoms with Gasteiger partial charge in [-0.15, -0.1) is 0 Å². The van der Waals surface area contributed by atoms with Crippen LogP contribution in [0.25, 0.3) is 32.9 Å². The van der Waals surface area contributed by atoms with Crippen molar-refractivity contribution in [1.82, 2.24) is 25.2 Å². The zero-order valence-electron chi connectivity index (χ0n) is 26.8. The molecule has 1 saturated carbocycles. The molecule has 0 spiro atoms.